The lowest BCUT2D eigenvalue weighted by Gasteiger charge is -2.13. The number of hydrogen-bond donors (Lipinski definition) is 1. The Morgan fingerprint density at radius 3 is 2.67 bits per heavy atom. The molecule has 1 N–H and O–H groups in total. The Morgan fingerprint density at radius 2 is 2.33 bits per heavy atom. The van der Waals surface area contributed by atoms with E-state index < -0.39 is 0 Å². The Morgan fingerprint density at radius 1 is 1.56 bits per heavy atom. The average molecular weight is 120 g/mol. The molecule has 0 radical (unpaired) electrons. The summed E-state index contributed by atoms with van der Waals surface area (Å²) in [4.78, 5) is 0. The van der Waals surface area contributed by atoms with Crippen LogP contribution in [0, 0.1) is 16.7 Å². The Kier molecular flexibility index (Phi) is 0.391. The van der Waals surface area contributed by atoms with Gasteiger partial charge in [-0.15, -0.1) is 0 Å². The molecule has 0 spiro atoms. The monoisotopic (exact) mass is 120 g/mol. The van der Waals surface area contributed by atoms with Crippen molar-refractivity contribution in [2.75, 3.05) is 0 Å². The van der Waals surface area contributed by atoms with Crippen LogP contribution in [0.25, 0.3) is 0 Å². The molecule has 0 aromatic rings. The van der Waals surface area contributed by atoms with Gasteiger partial charge in [0.15, 0.2) is 0 Å². The van der Waals surface area contributed by atoms with Gasteiger partial charge < -0.3 is 0 Å². The van der Waals surface area contributed by atoms with Crippen molar-refractivity contribution >= 4 is 0 Å². The van der Waals surface area contributed by atoms with Crippen molar-refractivity contribution in [1.82, 2.24) is 5.32 Å². The number of hydrogen-bond acceptors (Lipinski definition) is 2. The number of nitrogens with one attached hydrogen (secondary N) is 1. The van der Waals surface area contributed by atoms with Gasteiger partial charge in [0.1, 0.15) is 0 Å². The molecule has 9 heavy (non-hydrogen) atoms. The zero-order valence-corrected chi connectivity index (χ0v) is 5.15. The van der Waals surface area contributed by atoms with E-state index in [1.165, 1.54) is 12.8 Å². The molecule has 46 valence electrons. The van der Waals surface area contributed by atoms with Crippen molar-refractivity contribution < 1.29 is 0 Å². The highest BCUT2D eigenvalue weighted by Gasteiger charge is 2.86. The fourth-order valence-electron chi connectivity index (χ4n) is 2.46. The van der Waals surface area contributed by atoms with Crippen molar-refractivity contribution in [2.24, 2.45) is 5.41 Å². The van der Waals surface area contributed by atoms with Gasteiger partial charge in [0.2, 0.25) is 0 Å². The van der Waals surface area contributed by atoms with Crippen LogP contribution in [-0.2, 0) is 0 Å². The van der Waals surface area contributed by atoms with E-state index in [0.29, 0.717) is 11.0 Å². The molecule has 1 saturated heterocycles. The molecule has 2 saturated carbocycles. The maximum atomic E-state index is 8.52. The van der Waals surface area contributed by atoms with Gasteiger partial charge in [0, 0.05) is 5.54 Å². The summed E-state index contributed by atoms with van der Waals surface area (Å²) in [7, 11) is 0. The third kappa shape index (κ3) is 0.273. The molecule has 0 bridgehead atoms. The van der Waals surface area contributed by atoms with E-state index in [4.69, 9.17) is 5.26 Å². The van der Waals surface area contributed by atoms with Crippen LogP contribution in [0.15, 0.2) is 0 Å². The Balaban J connectivity index is 1.92. The molecular formula is C7H8N2. The quantitative estimate of drug-likeness (QED) is 0.502. The minimum atomic E-state index is 0.187. The van der Waals surface area contributed by atoms with Crippen LogP contribution in [-0.4, -0.2) is 11.6 Å². The Bertz CT molecular complexity index is 204. The van der Waals surface area contributed by atoms with E-state index in [2.05, 4.69) is 11.4 Å². The number of rotatable bonds is 0. The van der Waals surface area contributed by atoms with E-state index in [9.17, 15) is 0 Å². The fraction of sp³-hybridized carbons (Fsp3) is 0.857. The standard InChI is InChI=1S/C7H8N2/c8-2-5-1-6-3-7(6,4-6)9-5/h5,9H,1,3-4H2/t5-,6?,7?/m0/s1. The number of piperidine rings is 2. The Hall–Kier alpha value is -0.550. The van der Waals surface area contributed by atoms with Crippen LogP contribution in [0.3, 0.4) is 0 Å². The van der Waals surface area contributed by atoms with Crippen LogP contribution in [0.1, 0.15) is 19.3 Å². The smallest absolute Gasteiger partial charge is 0.0963 e. The third-order valence-corrected chi connectivity index (χ3v) is 3.25. The molecule has 1 heterocycles. The molecule has 0 aromatic carbocycles. The normalized spacial score (nSPS) is 65.9. The molecule has 2 heteroatoms. The molecule has 0 aromatic heterocycles. The van der Waals surface area contributed by atoms with Crippen molar-refractivity contribution in [3.63, 3.8) is 0 Å². The summed E-state index contributed by atoms with van der Waals surface area (Å²) >= 11 is 0. The second-order valence-electron chi connectivity index (χ2n) is 3.75. The summed E-state index contributed by atoms with van der Waals surface area (Å²) in [6, 6.07) is 2.45. The maximum absolute atomic E-state index is 8.52. The molecule has 2 aliphatic carbocycles. The van der Waals surface area contributed by atoms with Crippen molar-refractivity contribution in [3.05, 3.63) is 0 Å². The third-order valence-electron chi connectivity index (χ3n) is 3.25. The van der Waals surface area contributed by atoms with Gasteiger partial charge in [-0.2, -0.15) is 5.26 Å². The number of nitriles is 1. The van der Waals surface area contributed by atoms with Crippen molar-refractivity contribution in [1.29, 1.82) is 5.26 Å². The average Bonchev–Trinajstić information content (AvgIpc) is 2.51. The van der Waals surface area contributed by atoms with E-state index >= 15 is 0 Å². The summed E-state index contributed by atoms with van der Waals surface area (Å²) in [6.45, 7) is 0. The lowest BCUT2D eigenvalue weighted by atomic mass is 10.0. The first-order valence-corrected chi connectivity index (χ1v) is 3.48. The minimum absolute atomic E-state index is 0.187. The second kappa shape index (κ2) is 0.819. The molecule has 0 unspecified atom stereocenters. The van der Waals surface area contributed by atoms with Crippen molar-refractivity contribution in [2.45, 2.75) is 30.8 Å². The Labute approximate surface area is 53.9 Å². The molecule has 3 rings (SSSR count). The van der Waals surface area contributed by atoms with Crippen LogP contribution in [0.2, 0.25) is 0 Å². The maximum Gasteiger partial charge on any atom is 0.0963 e. The summed E-state index contributed by atoms with van der Waals surface area (Å²) in [5.41, 5.74) is 1.15. The van der Waals surface area contributed by atoms with E-state index in [1.807, 2.05) is 0 Å². The predicted octanol–water partition coefficient (Wildman–Crippen LogP) is 0.404. The van der Waals surface area contributed by atoms with Gasteiger partial charge in [-0.05, 0) is 24.7 Å². The molecule has 1 aliphatic heterocycles. The largest absolute Gasteiger partial charge is 0.296 e. The zero-order valence-electron chi connectivity index (χ0n) is 5.15. The molecule has 1 atom stereocenters. The summed E-state index contributed by atoms with van der Waals surface area (Å²) in [5, 5.41) is 11.9. The van der Waals surface area contributed by atoms with Crippen molar-refractivity contribution in [3.8, 4) is 6.07 Å². The topological polar surface area (TPSA) is 35.8 Å². The first-order chi connectivity index (χ1) is 4.30. The highest BCUT2D eigenvalue weighted by atomic mass is 15.2. The van der Waals surface area contributed by atoms with E-state index in [1.54, 1.807) is 0 Å². The van der Waals surface area contributed by atoms with E-state index in [-0.39, 0.29) is 6.04 Å². The summed E-state index contributed by atoms with van der Waals surface area (Å²) < 4.78 is 0. The molecule has 2 nitrogen and oxygen atoms in total. The van der Waals surface area contributed by atoms with Gasteiger partial charge in [-0.3, -0.25) is 5.32 Å². The van der Waals surface area contributed by atoms with Gasteiger partial charge in [-0.1, -0.05) is 0 Å². The van der Waals surface area contributed by atoms with Crippen LogP contribution in [0.4, 0.5) is 0 Å². The molecule has 3 aliphatic rings. The fourth-order valence-corrected chi connectivity index (χ4v) is 2.46. The lowest BCUT2D eigenvalue weighted by Crippen LogP contribution is -2.32. The second-order valence-corrected chi connectivity index (χ2v) is 3.75. The SMILES string of the molecule is N#C[C@@H]1CC23CC2(C3)N1. The first kappa shape index (κ1) is 4.29. The molecule has 3 fully saturated rings. The molecular weight excluding hydrogens is 112 g/mol. The van der Waals surface area contributed by atoms with E-state index in [0.717, 1.165) is 6.42 Å². The van der Waals surface area contributed by atoms with Gasteiger partial charge in [-0.25, -0.2) is 0 Å². The van der Waals surface area contributed by atoms with Crippen LogP contribution < -0.4 is 5.32 Å². The highest BCUT2D eigenvalue weighted by Crippen LogP contribution is 2.83. The van der Waals surface area contributed by atoms with Gasteiger partial charge >= 0.3 is 0 Å². The molecule has 0 amide bonds. The first-order valence-electron chi connectivity index (χ1n) is 3.48. The summed E-state index contributed by atoms with van der Waals surface area (Å²) in [6.07, 6.45) is 3.85. The van der Waals surface area contributed by atoms with Crippen LogP contribution >= 0.6 is 0 Å². The summed E-state index contributed by atoms with van der Waals surface area (Å²) in [5.74, 6) is 0. The van der Waals surface area contributed by atoms with Crippen LogP contribution in [0.5, 0.6) is 0 Å². The van der Waals surface area contributed by atoms with Gasteiger partial charge in [0.05, 0.1) is 12.1 Å². The highest BCUT2D eigenvalue weighted by molar-refractivity contribution is 5.43. The zero-order chi connectivity index (χ0) is 6.11. The predicted molar refractivity (Wildman–Crippen MR) is 31.6 cm³/mol. The van der Waals surface area contributed by atoms with Gasteiger partial charge in [0.25, 0.3) is 0 Å². The lowest BCUT2D eigenvalue weighted by molar-refractivity contribution is 0.454. The number of nitrogens with zero attached hydrogens (tertiary/aromatic N) is 1. The minimum Gasteiger partial charge on any atom is -0.296 e.